The van der Waals surface area contributed by atoms with E-state index in [0.717, 1.165) is 36.9 Å². The Kier molecular flexibility index (Phi) is 3.97. The van der Waals surface area contributed by atoms with Crippen LogP contribution in [0.25, 0.3) is 0 Å². The van der Waals surface area contributed by atoms with Crippen LogP contribution >= 0.6 is 0 Å². The minimum atomic E-state index is -0.639. The van der Waals surface area contributed by atoms with Gasteiger partial charge in [-0.1, -0.05) is 12.1 Å². The van der Waals surface area contributed by atoms with E-state index in [4.69, 9.17) is 5.73 Å². The number of rotatable bonds is 3. The highest BCUT2D eigenvalue weighted by atomic mass is 16.2. The lowest BCUT2D eigenvalue weighted by Crippen LogP contribution is -2.27. The molecular weight excluding hydrogens is 294 g/mol. The third-order valence-corrected chi connectivity index (χ3v) is 4.02. The molecule has 6 nitrogen and oxygen atoms in total. The fraction of sp³-hybridized carbons (Fsp3) is 0.235. The number of carbonyl (C=O) groups is 2. The smallest absolute Gasteiger partial charge is 0.261 e. The molecule has 1 aromatic carbocycles. The molecule has 2 aromatic rings. The Morgan fingerprint density at radius 2 is 1.83 bits per heavy atom. The number of hydrogen-bond acceptors (Lipinski definition) is 3. The fourth-order valence-corrected chi connectivity index (χ4v) is 2.84. The lowest BCUT2D eigenvalue weighted by molar-refractivity contribution is 0.100. The molecule has 0 fully saturated rings. The number of para-hydroxylation sites is 1. The number of aromatic nitrogens is 1. The Morgan fingerprint density at radius 1 is 1.09 bits per heavy atom. The zero-order chi connectivity index (χ0) is 16.4. The highest BCUT2D eigenvalue weighted by molar-refractivity contribution is 6.08. The molecule has 23 heavy (non-hydrogen) atoms. The Bertz CT molecular complexity index is 839. The van der Waals surface area contributed by atoms with Crippen LogP contribution in [-0.4, -0.2) is 16.8 Å². The zero-order valence-electron chi connectivity index (χ0n) is 12.5. The van der Waals surface area contributed by atoms with Crippen LogP contribution in [0.1, 0.15) is 44.8 Å². The standard InChI is InChI=1S/C17H17N3O3/c18-15(21)11-6-2-4-8-14(11)20-17(23)12-9-10-5-1-3-7-13(10)19-16(12)22/h2,4,6,8-9H,1,3,5,7H2,(H2,18,21)(H,19,22)(H,20,23). The van der Waals surface area contributed by atoms with Gasteiger partial charge < -0.3 is 16.0 Å². The Hall–Kier alpha value is -2.89. The van der Waals surface area contributed by atoms with E-state index in [9.17, 15) is 14.4 Å². The number of pyridine rings is 1. The SMILES string of the molecule is NC(=O)c1ccccc1NC(=O)c1cc2c([nH]c1=O)CCCC2. The molecule has 1 aliphatic carbocycles. The molecule has 0 spiro atoms. The number of aromatic amines is 1. The summed E-state index contributed by atoms with van der Waals surface area (Å²) >= 11 is 0. The summed E-state index contributed by atoms with van der Waals surface area (Å²) in [6, 6.07) is 8.08. The molecule has 3 rings (SSSR count). The maximum atomic E-state index is 12.4. The van der Waals surface area contributed by atoms with Gasteiger partial charge in [0.25, 0.3) is 17.4 Å². The molecule has 0 radical (unpaired) electrons. The molecule has 1 heterocycles. The van der Waals surface area contributed by atoms with Crippen molar-refractivity contribution in [2.24, 2.45) is 5.73 Å². The van der Waals surface area contributed by atoms with Gasteiger partial charge in [0.05, 0.1) is 11.3 Å². The average Bonchev–Trinajstić information content (AvgIpc) is 2.54. The van der Waals surface area contributed by atoms with Crippen LogP contribution in [0, 0.1) is 0 Å². The van der Waals surface area contributed by atoms with Crippen LogP contribution in [-0.2, 0) is 12.8 Å². The maximum absolute atomic E-state index is 12.4. The molecule has 0 saturated heterocycles. The van der Waals surface area contributed by atoms with E-state index >= 15 is 0 Å². The minimum absolute atomic E-state index is 0.0462. The number of hydrogen-bond donors (Lipinski definition) is 3. The van der Waals surface area contributed by atoms with Crippen LogP contribution in [0.4, 0.5) is 5.69 Å². The van der Waals surface area contributed by atoms with Gasteiger partial charge in [-0.2, -0.15) is 0 Å². The van der Waals surface area contributed by atoms with Gasteiger partial charge in [0.1, 0.15) is 5.56 Å². The van der Waals surface area contributed by atoms with Crippen molar-refractivity contribution in [1.29, 1.82) is 0 Å². The normalized spacial score (nSPS) is 13.2. The summed E-state index contributed by atoms with van der Waals surface area (Å²) in [7, 11) is 0. The van der Waals surface area contributed by atoms with Gasteiger partial charge in [-0.25, -0.2) is 0 Å². The first-order valence-electron chi connectivity index (χ1n) is 7.51. The van der Waals surface area contributed by atoms with E-state index in [-0.39, 0.29) is 11.1 Å². The van der Waals surface area contributed by atoms with E-state index in [1.165, 1.54) is 6.07 Å². The first-order chi connectivity index (χ1) is 11.1. The molecule has 0 aliphatic heterocycles. The van der Waals surface area contributed by atoms with Gasteiger partial charge in [0, 0.05) is 5.69 Å². The zero-order valence-corrected chi connectivity index (χ0v) is 12.5. The topological polar surface area (TPSA) is 105 Å². The van der Waals surface area contributed by atoms with Gasteiger partial charge >= 0.3 is 0 Å². The highest BCUT2D eigenvalue weighted by Crippen LogP contribution is 2.19. The van der Waals surface area contributed by atoms with Gasteiger partial charge in [-0.15, -0.1) is 0 Å². The summed E-state index contributed by atoms with van der Waals surface area (Å²) in [5.41, 5.74) is 7.33. The van der Waals surface area contributed by atoms with Crippen molar-refractivity contribution in [2.75, 3.05) is 5.32 Å². The van der Waals surface area contributed by atoms with Crippen molar-refractivity contribution in [2.45, 2.75) is 25.7 Å². The molecule has 1 aliphatic rings. The number of anilines is 1. The van der Waals surface area contributed by atoms with E-state index in [0.29, 0.717) is 5.69 Å². The molecule has 2 amide bonds. The van der Waals surface area contributed by atoms with Crippen molar-refractivity contribution in [3.05, 3.63) is 63.1 Å². The van der Waals surface area contributed by atoms with E-state index in [2.05, 4.69) is 10.3 Å². The van der Waals surface area contributed by atoms with Gasteiger partial charge in [0.15, 0.2) is 0 Å². The number of carbonyl (C=O) groups excluding carboxylic acids is 2. The number of H-pyrrole nitrogens is 1. The molecule has 0 bridgehead atoms. The number of nitrogens with one attached hydrogen (secondary N) is 2. The average molecular weight is 311 g/mol. The molecule has 4 N–H and O–H groups in total. The number of benzene rings is 1. The molecule has 0 saturated carbocycles. The van der Waals surface area contributed by atoms with E-state index < -0.39 is 17.4 Å². The summed E-state index contributed by atoms with van der Waals surface area (Å²) in [6.45, 7) is 0. The summed E-state index contributed by atoms with van der Waals surface area (Å²) in [4.78, 5) is 38.7. The van der Waals surface area contributed by atoms with Crippen molar-refractivity contribution in [3.63, 3.8) is 0 Å². The first-order valence-corrected chi connectivity index (χ1v) is 7.51. The number of aryl methyl sites for hydroxylation is 2. The van der Waals surface area contributed by atoms with Crippen LogP contribution in [0.5, 0.6) is 0 Å². The fourth-order valence-electron chi connectivity index (χ4n) is 2.84. The quantitative estimate of drug-likeness (QED) is 0.801. The predicted octanol–water partition coefficient (Wildman–Crippen LogP) is 1.60. The molecule has 0 atom stereocenters. The maximum Gasteiger partial charge on any atom is 0.261 e. The second-order valence-corrected chi connectivity index (χ2v) is 5.59. The van der Waals surface area contributed by atoms with E-state index in [1.807, 2.05) is 0 Å². The van der Waals surface area contributed by atoms with Crippen molar-refractivity contribution >= 4 is 17.5 Å². The molecule has 118 valence electrons. The van der Waals surface area contributed by atoms with E-state index in [1.54, 1.807) is 24.3 Å². The summed E-state index contributed by atoms with van der Waals surface area (Å²) in [5, 5.41) is 2.60. The van der Waals surface area contributed by atoms with Gasteiger partial charge in [-0.05, 0) is 49.4 Å². The van der Waals surface area contributed by atoms with Gasteiger partial charge in [0.2, 0.25) is 0 Å². The monoisotopic (exact) mass is 311 g/mol. The summed E-state index contributed by atoms with van der Waals surface area (Å²) in [6.07, 6.45) is 3.77. The van der Waals surface area contributed by atoms with Crippen LogP contribution in [0.3, 0.4) is 0 Å². The number of nitrogens with two attached hydrogens (primary N) is 1. The lowest BCUT2D eigenvalue weighted by Gasteiger charge is -2.16. The van der Waals surface area contributed by atoms with Crippen molar-refractivity contribution < 1.29 is 9.59 Å². The highest BCUT2D eigenvalue weighted by Gasteiger charge is 2.18. The number of fused-ring (bicyclic) bond motifs is 1. The molecular formula is C17H17N3O3. The number of amides is 2. The second kappa shape index (κ2) is 6.08. The molecule has 0 unspecified atom stereocenters. The Morgan fingerprint density at radius 3 is 2.61 bits per heavy atom. The van der Waals surface area contributed by atoms with Gasteiger partial charge in [-0.3, -0.25) is 14.4 Å². The largest absolute Gasteiger partial charge is 0.366 e. The second-order valence-electron chi connectivity index (χ2n) is 5.59. The lowest BCUT2D eigenvalue weighted by atomic mass is 9.95. The number of primary amides is 1. The predicted molar refractivity (Wildman–Crippen MR) is 86.6 cm³/mol. The van der Waals surface area contributed by atoms with Crippen LogP contribution < -0.4 is 16.6 Å². The molecule has 1 aromatic heterocycles. The van der Waals surface area contributed by atoms with Crippen molar-refractivity contribution in [1.82, 2.24) is 4.98 Å². The summed E-state index contributed by atoms with van der Waals surface area (Å²) in [5.74, 6) is -1.19. The summed E-state index contributed by atoms with van der Waals surface area (Å²) < 4.78 is 0. The first kappa shape index (κ1) is 15.0. The Balaban J connectivity index is 1.93. The third-order valence-electron chi connectivity index (χ3n) is 4.02. The third kappa shape index (κ3) is 3.01. The minimum Gasteiger partial charge on any atom is -0.366 e. The Labute approximate surface area is 132 Å². The van der Waals surface area contributed by atoms with Crippen LogP contribution in [0.15, 0.2) is 35.1 Å². The molecule has 6 heteroatoms. The van der Waals surface area contributed by atoms with Crippen molar-refractivity contribution in [3.8, 4) is 0 Å². The van der Waals surface area contributed by atoms with Crippen LogP contribution in [0.2, 0.25) is 0 Å².